The number of rotatable bonds is 7. The van der Waals surface area contributed by atoms with Crippen LogP contribution < -0.4 is 9.62 Å². The molecule has 2 N–H and O–H groups in total. The van der Waals surface area contributed by atoms with Crippen molar-refractivity contribution in [2.45, 2.75) is 25.6 Å². The average Bonchev–Trinajstić information content (AvgIpc) is 3.62. The van der Waals surface area contributed by atoms with Crippen LogP contribution in [0.1, 0.15) is 29.3 Å². The van der Waals surface area contributed by atoms with Crippen molar-refractivity contribution in [3.63, 3.8) is 0 Å². The number of aliphatic hydroxyl groups excluding tert-OH is 1. The van der Waals surface area contributed by atoms with Crippen LogP contribution in [0.5, 0.6) is 0 Å². The predicted molar refractivity (Wildman–Crippen MR) is 172 cm³/mol. The Morgan fingerprint density at radius 1 is 1.04 bits per heavy atom. The van der Waals surface area contributed by atoms with Gasteiger partial charge in [0.2, 0.25) is 10.0 Å². The number of hydrogen-bond donors (Lipinski definition) is 2. The zero-order valence-corrected chi connectivity index (χ0v) is 25.9. The SMILES string of the molecule is CNC(O)c1c(-c2ccc(C(F)F)cc2)oc2cc(N(C)S(C)(=O)=O)c(-c3ccc4c(n3)-c3cc5c(F)cccc5n3CC4)cc12. The van der Waals surface area contributed by atoms with Gasteiger partial charge in [0.1, 0.15) is 23.4 Å². The molecule has 0 fully saturated rings. The second kappa shape index (κ2) is 11.0. The summed E-state index contributed by atoms with van der Waals surface area (Å²) in [4.78, 5) is 5.02. The number of hydrogen-bond acceptors (Lipinski definition) is 6. The Morgan fingerprint density at radius 2 is 1.80 bits per heavy atom. The van der Waals surface area contributed by atoms with Crippen LogP contribution in [0.15, 0.2) is 77.2 Å². The topological polar surface area (TPSA) is 101 Å². The molecular weight excluding hydrogens is 617 g/mol. The molecule has 0 spiro atoms. The van der Waals surface area contributed by atoms with E-state index in [2.05, 4.69) is 5.32 Å². The van der Waals surface area contributed by atoms with Crippen LogP contribution >= 0.6 is 0 Å². The van der Waals surface area contributed by atoms with E-state index in [0.29, 0.717) is 51.8 Å². The maximum absolute atomic E-state index is 14.7. The minimum Gasteiger partial charge on any atom is -0.456 e. The first-order chi connectivity index (χ1) is 22.0. The van der Waals surface area contributed by atoms with Gasteiger partial charge in [-0.15, -0.1) is 0 Å². The van der Waals surface area contributed by atoms with Gasteiger partial charge in [0, 0.05) is 52.7 Å². The summed E-state index contributed by atoms with van der Waals surface area (Å²) in [7, 11) is -0.759. The molecule has 0 bridgehead atoms. The number of sulfonamides is 1. The fourth-order valence-electron chi connectivity index (χ4n) is 6.18. The van der Waals surface area contributed by atoms with Gasteiger partial charge in [-0.05, 0) is 49.4 Å². The predicted octanol–water partition coefficient (Wildman–Crippen LogP) is 7.02. The molecule has 1 aliphatic heterocycles. The summed E-state index contributed by atoms with van der Waals surface area (Å²) in [6.07, 6.45) is -2.09. The summed E-state index contributed by atoms with van der Waals surface area (Å²) in [5, 5.41) is 14.9. The monoisotopic (exact) mass is 646 g/mol. The highest BCUT2D eigenvalue weighted by molar-refractivity contribution is 7.92. The molecular formula is C34H29F3N4O4S. The molecule has 3 aromatic heterocycles. The maximum Gasteiger partial charge on any atom is 0.263 e. The van der Waals surface area contributed by atoms with Crippen molar-refractivity contribution in [2.75, 3.05) is 24.7 Å². The molecule has 46 heavy (non-hydrogen) atoms. The number of furan rings is 1. The number of alkyl halides is 2. The minimum atomic E-state index is -3.75. The highest BCUT2D eigenvalue weighted by Gasteiger charge is 2.28. The van der Waals surface area contributed by atoms with Crippen LogP contribution in [-0.4, -0.2) is 43.4 Å². The maximum atomic E-state index is 14.7. The van der Waals surface area contributed by atoms with Gasteiger partial charge >= 0.3 is 0 Å². The number of aryl methyl sites for hydroxylation is 2. The van der Waals surface area contributed by atoms with Crippen LogP contribution in [0.3, 0.4) is 0 Å². The molecule has 12 heteroatoms. The van der Waals surface area contributed by atoms with Crippen LogP contribution in [0.4, 0.5) is 18.9 Å². The van der Waals surface area contributed by atoms with Gasteiger partial charge in [-0.2, -0.15) is 0 Å². The van der Waals surface area contributed by atoms with E-state index < -0.39 is 22.7 Å². The zero-order valence-electron chi connectivity index (χ0n) is 25.1. The molecule has 0 aliphatic carbocycles. The molecule has 0 amide bonds. The molecule has 1 aliphatic rings. The summed E-state index contributed by atoms with van der Waals surface area (Å²) in [6.45, 7) is 0.658. The lowest BCUT2D eigenvalue weighted by Crippen LogP contribution is -2.25. The Kier molecular flexibility index (Phi) is 7.18. The third kappa shape index (κ3) is 4.84. The Balaban J connectivity index is 1.47. The number of halogens is 3. The van der Waals surface area contributed by atoms with E-state index in [4.69, 9.17) is 9.40 Å². The number of pyridine rings is 1. The molecule has 1 atom stereocenters. The molecule has 236 valence electrons. The van der Waals surface area contributed by atoms with Gasteiger partial charge < -0.3 is 14.1 Å². The lowest BCUT2D eigenvalue weighted by Gasteiger charge is -2.23. The molecule has 7 rings (SSSR count). The first kappa shape index (κ1) is 30.0. The summed E-state index contributed by atoms with van der Waals surface area (Å²) in [5.41, 5.74) is 5.28. The third-order valence-corrected chi connectivity index (χ3v) is 9.84. The number of aliphatic hydroxyl groups is 1. The van der Waals surface area contributed by atoms with Crippen molar-refractivity contribution < 1.29 is 31.1 Å². The van der Waals surface area contributed by atoms with E-state index in [0.717, 1.165) is 27.3 Å². The number of aromatic nitrogens is 2. The fraction of sp³-hybridized carbons (Fsp3) is 0.206. The number of anilines is 1. The van der Waals surface area contributed by atoms with Crippen molar-refractivity contribution in [1.29, 1.82) is 0 Å². The normalized spacial score (nSPS) is 13.7. The largest absolute Gasteiger partial charge is 0.456 e. The van der Waals surface area contributed by atoms with E-state index in [9.17, 15) is 26.7 Å². The summed E-state index contributed by atoms with van der Waals surface area (Å²) < 4.78 is 76.3. The third-order valence-electron chi connectivity index (χ3n) is 8.65. The quantitative estimate of drug-likeness (QED) is 0.181. The molecule has 4 heterocycles. The van der Waals surface area contributed by atoms with Gasteiger partial charge in [0.05, 0.1) is 34.5 Å². The number of nitrogens with one attached hydrogen (secondary N) is 1. The van der Waals surface area contributed by atoms with E-state index >= 15 is 0 Å². The van der Waals surface area contributed by atoms with E-state index in [1.165, 1.54) is 37.4 Å². The van der Waals surface area contributed by atoms with Crippen molar-refractivity contribution in [3.8, 4) is 34.0 Å². The van der Waals surface area contributed by atoms with Crippen molar-refractivity contribution in [3.05, 3.63) is 95.3 Å². The Bertz CT molecular complexity index is 2260. The Morgan fingerprint density at radius 3 is 2.50 bits per heavy atom. The summed E-state index contributed by atoms with van der Waals surface area (Å²) in [6, 6.07) is 19.4. The number of benzene rings is 3. The molecule has 6 aromatic rings. The summed E-state index contributed by atoms with van der Waals surface area (Å²) >= 11 is 0. The average molecular weight is 647 g/mol. The lowest BCUT2D eigenvalue weighted by atomic mass is 9.98. The Hall–Kier alpha value is -4.65. The van der Waals surface area contributed by atoms with Gasteiger partial charge in [-0.1, -0.05) is 36.4 Å². The Labute approximate surface area is 262 Å². The van der Waals surface area contributed by atoms with Gasteiger partial charge in [0.15, 0.2) is 0 Å². The van der Waals surface area contributed by atoms with Gasteiger partial charge in [-0.3, -0.25) is 9.62 Å². The second-order valence-corrected chi connectivity index (χ2v) is 13.4. The first-order valence-electron chi connectivity index (χ1n) is 14.5. The molecule has 0 saturated heterocycles. The molecule has 0 radical (unpaired) electrons. The van der Waals surface area contributed by atoms with E-state index in [1.54, 1.807) is 31.3 Å². The van der Waals surface area contributed by atoms with Crippen molar-refractivity contribution in [1.82, 2.24) is 14.9 Å². The molecule has 0 saturated carbocycles. The summed E-state index contributed by atoms with van der Waals surface area (Å²) in [5.74, 6) is -0.0810. The first-order valence-corrected chi connectivity index (χ1v) is 16.4. The van der Waals surface area contributed by atoms with E-state index in [-0.39, 0.29) is 28.4 Å². The van der Waals surface area contributed by atoms with Crippen molar-refractivity contribution >= 4 is 37.6 Å². The fourth-order valence-corrected chi connectivity index (χ4v) is 6.69. The van der Waals surface area contributed by atoms with Crippen LogP contribution in [0.2, 0.25) is 0 Å². The van der Waals surface area contributed by atoms with Crippen LogP contribution in [-0.2, 0) is 23.0 Å². The van der Waals surface area contributed by atoms with Crippen LogP contribution in [0.25, 0.3) is 55.8 Å². The van der Waals surface area contributed by atoms with E-state index in [1.807, 2.05) is 22.8 Å². The van der Waals surface area contributed by atoms with Gasteiger partial charge in [-0.25, -0.2) is 26.6 Å². The van der Waals surface area contributed by atoms with Crippen LogP contribution in [0, 0.1) is 5.82 Å². The van der Waals surface area contributed by atoms with Crippen molar-refractivity contribution in [2.24, 2.45) is 0 Å². The highest BCUT2D eigenvalue weighted by Crippen LogP contribution is 2.44. The highest BCUT2D eigenvalue weighted by atomic mass is 32.2. The van der Waals surface area contributed by atoms with Gasteiger partial charge in [0.25, 0.3) is 6.43 Å². The number of nitrogens with zero attached hydrogens (tertiary/aromatic N) is 3. The molecule has 3 aromatic carbocycles. The zero-order chi connectivity index (χ0) is 32.5. The molecule has 1 unspecified atom stereocenters. The lowest BCUT2D eigenvalue weighted by molar-refractivity contribution is 0.150. The second-order valence-electron chi connectivity index (χ2n) is 11.4. The standard InChI is InChI=1S/C34H29F3N4O4S/c1-38-34(42)30-23-15-22(25-12-11-18-13-14-41-26-6-4-5-24(35)21(26)16-28(41)31(18)39-25)27(40(2)46(3,43)44)17-29(23)45-32(30)19-7-9-20(10-8-19)33(36)37/h4-12,15-17,33-34,38,42H,13-14H2,1-3H3. The smallest absolute Gasteiger partial charge is 0.263 e. The minimum absolute atomic E-state index is 0.157. The molecule has 8 nitrogen and oxygen atoms in total. The number of fused-ring (bicyclic) bond motifs is 6.